The third kappa shape index (κ3) is 3.49. The second kappa shape index (κ2) is 6.51. The number of hydrogen-bond acceptors (Lipinski definition) is 1. The van der Waals surface area contributed by atoms with E-state index in [1.807, 2.05) is 60.7 Å². The molecule has 0 spiro atoms. The van der Waals surface area contributed by atoms with Gasteiger partial charge in [-0.1, -0.05) is 47.5 Å². The molecule has 0 N–H and O–H groups in total. The Morgan fingerprint density at radius 2 is 1.23 bits per heavy atom. The van der Waals surface area contributed by atoms with Crippen LogP contribution >= 0.6 is 23.2 Å². The zero-order chi connectivity index (χ0) is 15.5. The van der Waals surface area contributed by atoms with Crippen molar-refractivity contribution in [3.8, 4) is 0 Å². The predicted octanol–water partition coefficient (Wildman–Crippen LogP) is 5.82. The molecule has 3 rings (SSSR count). The van der Waals surface area contributed by atoms with Crippen LogP contribution in [0, 0.1) is 0 Å². The molecule has 1 fully saturated rings. The maximum absolute atomic E-state index is 12.5. The summed E-state index contributed by atoms with van der Waals surface area (Å²) in [5.41, 5.74) is 3.57. The minimum absolute atomic E-state index is 0.111. The monoisotopic (exact) mass is 328 g/mol. The van der Waals surface area contributed by atoms with Gasteiger partial charge in [0.15, 0.2) is 5.78 Å². The van der Waals surface area contributed by atoms with Crippen LogP contribution in [0.2, 0.25) is 10.0 Å². The van der Waals surface area contributed by atoms with Crippen molar-refractivity contribution in [1.29, 1.82) is 0 Å². The molecule has 0 saturated heterocycles. The van der Waals surface area contributed by atoms with E-state index in [9.17, 15) is 4.79 Å². The predicted molar refractivity (Wildman–Crippen MR) is 93.1 cm³/mol. The number of Topliss-reactive ketones (excluding diaryl/α,β-unsaturated/α-hetero) is 1. The summed E-state index contributed by atoms with van der Waals surface area (Å²) in [6.07, 6.45) is 5.37. The van der Waals surface area contributed by atoms with E-state index < -0.39 is 0 Å². The van der Waals surface area contributed by atoms with Crippen LogP contribution in [0.15, 0.2) is 59.7 Å². The van der Waals surface area contributed by atoms with Crippen LogP contribution in [0.4, 0.5) is 0 Å². The smallest absolute Gasteiger partial charge is 0.185 e. The van der Waals surface area contributed by atoms with Crippen LogP contribution in [-0.2, 0) is 4.79 Å². The minimum Gasteiger partial charge on any atom is -0.289 e. The fraction of sp³-hybridized carbons (Fsp3) is 0.105. The Balaban J connectivity index is 1.86. The van der Waals surface area contributed by atoms with E-state index in [0.717, 1.165) is 35.1 Å². The van der Waals surface area contributed by atoms with Gasteiger partial charge in [0.2, 0.25) is 0 Å². The lowest BCUT2D eigenvalue weighted by atomic mass is 10.1. The highest BCUT2D eigenvalue weighted by atomic mass is 35.5. The Labute approximate surface area is 139 Å². The van der Waals surface area contributed by atoms with E-state index >= 15 is 0 Å². The molecule has 0 bridgehead atoms. The summed E-state index contributed by atoms with van der Waals surface area (Å²) in [7, 11) is 0. The SMILES string of the molecule is O=C1/C(=C/c2cccc(Cl)c2)CC/C1=C\c1cccc(Cl)c1. The number of hydrogen-bond donors (Lipinski definition) is 0. The molecule has 110 valence electrons. The normalized spacial score (nSPS) is 18.4. The van der Waals surface area contributed by atoms with Gasteiger partial charge in [-0.05, 0) is 60.4 Å². The molecule has 1 aliphatic carbocycles. The van der Waals surface area contributed by atoms with Gasteiger partial charge in [-0.3, -0.25) is 4.79 Å². The molecule has 3 heteroatoms. The average Bonchev–Trinajstić information content (AvgIpc) is 2.80. The lowest BCUT2D eigenvalue weighted by Crippen LogP contribution is -1.95. The molecule has 1 saturated carbocycles. The number of rotatable bonds is 2. The Kier molecular flexibility index (Phi) is 4.47. The molecule has 2 aromatic rings. The highest BCUT2D eigenvalue weighted by molar-refractivity contribution is 6.31. The molecule has 0 aromatic heterocycles. The molecule has 0 aliphatic heterocycles. The highest BCUT2D eigenvalue weighted by Gasteiger charge is 2.22. The molecule has 1 aliphatic rings. The number of carbonyl (C=O) groups excluding carboxylic acids is 1. The molecule has 0 atom stereocenters. The largest absolute Gasteiger partial charge is 0.289 e. The summed E-state index contributed by atoms with van der Waals surface area (Å²) in [6.45, 7) is 0. The Hall–Kier alpha value is -1.83. The summed E-state index contributed by atoms with van der Waals surface area (Å²) >= 11 is 12.0. The Bertz CT molecular complexity index is 722. The van der Waals surface area contributed by atoms with Crippen molar-refractivity contribution in [2.75, 3.05) is 0 Å². The first-order valence-corrected chi connectivity index (χ1v) is 7.84. The van der Waals surface area contributed by atoms with Gasteiger partial charge in [0.1, 0.15) is 0 Å². The Morgan fingerprint density at radius 1 is 0.773 bits per heavy atom. The van der Waals surface area contributed by atoms with Gasteiger partial charge in [0, 0.05) is 21.2 Å². The number of carbonyl (C=O) groups is 1. The quantitative estimate of drug-likeness (QED) is 0.634. The lowest BCUT2D eigenvalue weighted by molar-refractivity contribution is -0.111. The molecule has 0 heterocycles. The second-order valence-corrected chi connectivity index (χ2v) is 6.15. The molecular weight excluding hydrogens is 315 g/mol. The van der Waals surface area contributed by atoms with Gasteiger partial charge >= 0.3 is 0 Å². The zero-order valence-electron chi connectivity index (χ0n) is 11.9. The van der Waals surface area contributed by atoms with Gasteiger partial charge in [-0.2, -0.15) is 0 Å². The van der Waals surface area contributed by atoms with E-state index in [-0.39, 0.29) is 5.78 Å². The van der Waals surface area contributed by atoms with E-state index in [1.165, 1.54) is 0 Å². The molecule has 22 heavy (non-hydrogen) atoms. The molecular formula is C19H14Cl2O. The summed E-state index contributed by atoms with van der Waals surface area (Å²) in [5.74, 6) is 0.111. The summed E-state index contributed by atoms with van der Waals surface area (Å²) in [5, 5.41) is 1.35. The van der Waals surface area contributed by atoms with Crippen molar-refractivity contribution in [2.45, 2.75) is 12.8 Å². The number of allylic oxidation sites excluding steroid dienone is 2. The van der Waals surface area contributed by atoms with Gasteiger partial charge in [0.25, 0.3) is 0 Å². The van der Waals surface area contributed by atoms with Gasteiger partial charge in [-0.15, -0.1) is 0 Å². The second-order valence-electron chi connectivity index (χ2n) is 5.28. The summed E-state index contributed by atoms with van der Waals surface area (Å²) in [6, 6.07) is 15.0. The highest BCUT2D eigenvalue weighted by Crippen LogP contribution is 2.30. The van der Waals surface area contributed by atoms with Crippen molar-refractivity contribution >= 4 is 41.1 Å². The van der Waals surface area contributed by atoms with E-state index in [2.05, 4.69) is 0 Å². The Morgan fingerprint density at radius 3 is 1.64 bits per heavy atom. The maximum atomic E-state index is 12.5. The molecule has 1 nitrogen and oxygen atoms in total. The topological polar surface area (TPSA) is 17.1 Å². The third-order valence-electron chi connectivity index (χ3n) is 3.63. The fourth-order valence-corrected chi connectivity index (χ4v) is 2.97. The maximum Gasteiger partial charge on any atom is 0.185 e. The van der Waals surface area contributed by atoms with Crippen molar-refractivity contribution < 1.29 is 4.79 Å². The molecule has 0 radical (unpaired) electrons. The molecule has 2 aromatic carbocycles. The average molecular weight is 329 g/mol. The van der Waals surface area contributed by atoms with E-state index in [4.69, 9.17) is 23.2 Å². The van der Waals surface area contributed by atoms with Crippen LogP contribution in [-0.4, -0.2) is 5.78 Å². The van der Waals surface area contributed by atoms with Gasteiger partial charge in [-0.25, -0.2) is 0 Å². The zero-order valence-corrected chi connectivity index (χ0v) is 13.4. The van der Waals surface area contributed by atoms with Crippen LogP contribution in [0.1, 0.15) is 24.0 Å². The third-order valence-corrected chi connectivity index (χ3v) is 4.10. The van der Waals surface area contributed by atoms with Crippen LogP contribution in [0.3, 0.4) is 0 Å². The molecule has 0 unspecified atom stereocenters. The lowest BCUT2D eigenvalue weighted by Gasteiger charge is -1.99. The van der Waals surface area contributed by atoms with Crippen molar-refractivity contribution in [1.82, 2.24) is 0 Å². The molecule has 0 amide bonds. The van der Waals surface area contributed by atoms with Gasteiger partial charge in [0.05, 0.1) is 0 Å². The van der Waals surface area contributed by atoms with Crippen LogP contribution < -0.4 is 0 Å². The van der Waals surface area contributed by atoms with Crippen molar-refractivity contribution in [3.05, 3.63) is 80.8 Å². The van der Waals surface area contributed by atoms with Crippen molar-refractivity contribution in [2.24, 2.45) is 0 Å². The fourth-order valence-electron chi connectivity index (χ4n) is 2.57. The number of ketones is 1. The summed E-state index contributed by atoms with van der Waals surface area (Å²) in [4.78, 5) is 12.5. The van der Waals surface area contributed by atoms with E-state index in [1.54, 1.807) is 0 Å². The van der Waals surface area contributed by atoms with Crippen molar-refractivity contribution in [3.63, 3.8) is 0 Å². The number of halogens is 2. The van der Waals surface area contributed by atoms with Crippen LogP contribution in [0.5, 0.6) is 0 Å². The van der Waals surface area contributed by atoms with Gasteiger partial charge < -0.3 is 0 Å². The standard InChI is InChI=1S/C19H14Cl2O/c20-17-5-1-3-13(11-17)9-15-7-8-16(19(15)22)10-14-4-2-6-18(21)12-14/h1-6,9-12H,7-8H2/b15-9+,16-10+. The van der Waals surface area contributed by atoms with E-state index in [0.29, 0.717) is 10.0 Å². The number of benzene rings is 2. The summed E-state index contributed by atoms with van der Waals surface area (Å²) < 4.78 is 0. The first-order chi connectivity index (χ1) is 10.6. The van der Waals surface area contributed by atoms with Crippen LogP contribution in [0.25, 0.3) is 12.2 Å². The first-order valence-electron chi connectivity index (χ1n) is 7.09. The minimum atomic E-state index is 0.111. The first kappa shape index (κ1) is 15.1.